The third-order valence-electron chi connectivity index (χ3n) is 3.43. The van der Waals surface area contributed by atoms with Gasteiger partial charge in [0.2, 0.25) is 0 Å². The number of allylic oxidation sites excluding steroid dienone is 2. The van der Waals surface area contributed by atoms with Crippen LogP contribution in [0.25, 0.3) is 0 Å². The Balaban J connectivity index is 3.22. The molecule has 0 rings (SSSR count). The Bertz CT molecular complexity index is 252. The number of hydrogen-bond acceptors (Lipinski definition) is 2. The minimum Gasteiger partial charge on any atom is -0.466 e. The first-order chi connectivity index (χ1) is 10.3. The number of unbranched alkanes of at least 4 members (excludes halogenated alkanes) is 8. The molecule has 124 valence electrons. The summed E-state index contributed by atoms with van der Waals surface area (Å²) in [5.41, 5.74) is 0. The molecule has 0 aromatic rings. The van der Waals surface area contributed by atoms with Crippen molar-refractivity contribution in [1.82, 2.24) is 0 Å². The van der Waals surface area contributed by atoms with Crippen molar-refractivity contribution in [2.75, 3.05) is 11.9 Å². The van der Waals surface area contributed by atoms with Crippen LogP contribution in [0, 0.1) is 0 Å². The number of hydrogen-bond donors (Lipinski definition) is 0. The summed E-state index contributed by atoms with van der Waals surface area (Å²) in [5.74, 6) is -0.0255. The molecular formula is C18H33BrO2. The Morgan fingerprint density at radius 3 is 2.29 bits per heavy atom. The van der Waals surface area contributed by atoms with Crippen molar-refractivity contribution in [2.45, 2.75) is 84.0 Å². The SMILES string of the molecule is CCCCCC=CCCCOC(=O)CCCCCCCBr. The van der Waals surface area contributed by atoms with E-state index in [0.29, 0.717) is 13.0 Å². The van der Waals surface area contributed by atoms with Crippen molar-refractivity contribution in [3.8, 4) is 0 Å². The molecule has 0 atom stereocenters. The third kappa shape index (κ3) is 17.6. The number of carbonyl (C=O) groups excluding carboxylic acids is 1. The monoisotopic (exact) mass is 360 g/mol. The topological polar surface area (TPSA) is 26.3 Å². The van der Waals surface area contributed by atoms with Gasteiger partial charge in [-0.1, -0.05) is 67.1 Å². The molecule has 0 radical (unpaired) electrons. The fourth-order valence-corrected chi connectivity index (χ4v) is 2.50. The highest BCUT2D eigenvalue weighted by atomic mass is 79.9. The molecule has 0 spiro atoms. The summed E-state index contributed by atoms with van der Waals surface area (Å²) in [6.07, 6.45) is 17.9. The number of alkyl halides is 1. The second-order valence-electron chi connectivity index (χ2n) is 5.54. The molecule has 0 aliphatic carbocycles. The zero-order valence-electron chi connectivity index (χ0n) is 13.7. The summed E-state index contributed by atoms with van der Waals surface area (Å²) in [6.45, 7) is 2.79. The van der Waals surface area contributed by atoms with Gasteiger partial charge in [0.05, 0.1) is 6.61 Å². The lowest BCUT2D eigenvalue weighted by molar-refractivity contribution is -0.143. The molecule has 3 heteroatoms. The van der Waals surface area contributed by atoms with E-state index < -0.39 is 0 Å². The summed E-state index contributed by atoms with van der Waals surface area (Å²) >= 11 is 3.42. The van der Waals surface area contributed by atoms with Crippen LogP contribution in [0.5, 0.6) is 0 Å². The van der Waals surface area contributed by atoms with Crippen molar-refractivity contribution in [2.24, 2.45) is 0 Å². The number of ether oxygens (including phenoxy) is 1. The maximum atomic E-state index is 11.5. The van der Waals surface area contributed by atoms with Crippen LogP contribution < -0.4 is 0 Å². The maximum Gasteiger partial charge on any atom is 0.305 e. The van der Waals surface area contributed by atoms with E-state index in [-0.39, 0.29) is 5.97 Å². The Morgan fingerprint density at radius 2 is 1.57 bits per heavy atom. The maximum absolute atomic E-state index is 11.5. The second kappa shape index (κ2) is 17.7. The molecule has 0 aromatic carbocycles. The Labute approximate surface area is 139 Å². The van der Waals surface area contributed by atoms with Gasteiger partial charge in [0, 0.05) is 11.8 Å². The van der Waals surface area contributed by atoms with E-state index in [1.807, 2.05) is 0 Å². The van der Waals surface area contributed by atoms with E-state index in [1.165, 1.54) is 44.9 Å². The minimum atomic E-state index is -0.0255. The molecule has 0 bridgehead atoms. The smallest absolute Gasteiger partial charge is 0.305 e. The lowest BCUT2D eigenvalue weighted by Crippen LogP contribution is -2.05. The van der Waals surface area contributed by atoms with Gasteiger partial charge in [0.15, 0.2) is 0 Å². The molecule has 0 fully saturated rings. The van der Waals surface area contributed by atoms with Crippen LogP contribution in [0.2, 0.25) is 0 Å². The Hall–Kier alpha value is -0.310. The summed E-state index contributed by atoms with van der Waals surface area (Å²) in [6, 6.07) is 0. The Morgan fingerprint density at radius 1 is 0.905 bits per heavy atom. The lowest BCUT2D eigenvalue weighted by atomic mass is 10.1. The number of rotatable bonds is 15. The van der Waals surface area contributed by atoms with E-state index in [0.717, 1.165) is 31.0 Å². The van der Waals surface area contributed by atoms with E-state index in [9.17, 15) is 4.79 Å². The van der Waals surface area contributed by atoms with Crippen LogP contribution in [-0.2, 0) is 9.53 Å². The molecule has 0 unspecified atom stereocenters. The standard InChI is InChI=1S/C18H33BrO2/c1-2-3-4-5-6-7-11-14-17-21-18(20)15-12-9-8-10-13-16-19/h6-7H,2-5,8-17H2,1H3. The summed E-state index contributed by atoms with van der Waals surface area (Å²) < 4.78 is 5.23. The van der Waals surface area contributed by atoms with Gasteiger partial charge in [-0.05, 0) is 38.5 Å². The van der Waals surface area contributed by atoms with Gasteiger partial charge in [-0.15, -0.1) is 0 Å². The summed E-state index contributed by atoms with van der Waals surface area (Å²) in [5, 5.41) is 1.09. The highest BCUT2D eigenvalue weighted by Gasteiger charge is 2.01. The third-order valence-corrected chi connectivity index (χ3v) is 3.99. The molecule has 0 aliphatic heterocycles. The predicted molar refractivity (Wildman–Crippen MR) is 95.0 cm³/mol. The summed E-state index contributed by atoms with van der Waals surface area (Å²) in [7, 11) is 0. The van der Waals surface area contributed by atoms with Crippen molar-refractivity contribution < 1.29 is 9.53 Å². The van der Waals surface area contributed by atoms with E-state index >= 15 is 0 Å². The van der Waals surface area contributed by atoms with E-state index in [2.05, 4.69) is 35.0 Å². The molecule has 2 nitrogen and oxygen atoms in total. The van der Waals surface area contributed by atoms with Crippen LogP contribution >= 0.6 is 15.9 Å². The highest BCUT2D eigenvalue weighted by molar-refractivity contribution is 9.09. The van der Waals surface area contributed by atoms with Crippen molar-refractivity contribution in [3.63, 3.8) is 0 Å². The fraction of sp³-hybridized carbons (Fsp3) is 0.833. The minimum absolute atomic E-state index is 0.0255. The zero-order valence-corrected chi connectivity index (χ0v) is 15.3. The van der Waals surface area contributed by atoms with Gasteiger partial charge >= 0.3 is 5.97 Å². The van der Waals surface area contributed by atoms with Gasteiger partial charge in [-0.3, -0.25) is 4.79 Å². The number of halogens is 1. The molecule has 0 heterocycles. The normalized spacial score (nSPS) is 11.1. The number of esters is 1. The average Bonchev–Trinajstić information content (AvgIpc) is 2.49. The summed E-state index contributed by atoms with van der Waals surface area (Å²) in [4.78, 5) is 11.5. The molecule has 21 heavy (non-hydrogen) atoms. The first kappa shape index (κ1) is 20.7. The second-order valence-corrected chi connectivity index (χ2v) is 6.33. The number of carbonyl (C=O) groups is 1. The van der Waals surface area contributed by atoms with Gasteiger partial charge in [-0.25, -0.2) is 0 Å². The molecule has 0 amide bonds. The van der Waals surface area contributed by atoms with Gasteiger partial charge in [-0.2, -0.15) is 0 Å². The van der Waals surface area contributed by atoms with Crippen molar-refractivity contribution >= 4 is 21.9 Å². The first-order valence-electron chi connectivity index (χ1n) is 8.67. The fourth-order valence-electron chi connectivity index (χ4n) is 2.10. The van der Waals surface area contributed by atoms with Crippen LogP contribution in [0.4, 0.5) is 0 Å². The first-order valence-corrected chi connectivity index (χ1v) is 9.80. The molecule has 0 N–H and O–H groups in total. The van der Waals surface area contributed by atoms with E-state index in [4.69, 9.17) is 4.74 Å². The van der Waals surface area contributed by atoms with Crippen LogP contribution in [0.1, 0.15) is 84.0 Å². The van der Waals surface area contributed by atoms with Crippen LogP contribution in [-0.4, -0.2) is 17.9 Å². The van der Waals surface area contributed by atoms with Gasteiger partial charge < -0.3 is 4.74 Å². The average molecular weight is 361 g/mol. The largest absolute Gasteiger partial charge is 0.466 e. The zero-order chi connectivity index (χ0) is 15.6. The molecule has 0 saturated heterocycles. The van der Waals surface area contributed by atoms with E-state index in [1.54, 1.807) is 0 Å². The van der Waals surface area contributed by atoms with Gasteiger partial charge in [0.25, 0.3) is 0 Å². The predicted octanol–water partition coefficient (Wildman–Crippen LogP) is 6.18. The quantitative estimate of drug-likeness (QED) is 0.151. The Kier molecular flexibility index (Phi) is 17.5. The van der Waals surface area contributed by atoms with Crippen LogP contribution in [0.3, 0.4) is 0 Å². The molecule has 0 aliphatic rings. The van der Waals surface area contributed by atoms with Crippen molar-refractivity contribution in [1.29, 1.82) is 0 Å². The molecule has 0 aromatic heterocycles. The lowest BCUT2D eigenvalue weighted by Gasteiger charge is -2.03. The highest BCUT2D eigenvalue weighted by Crippen LogP contribution is 2.07. The van der Waals surface area contributed by atoms with Gasteiger partial charge in [0.1, 0.15) is 0 Å². The molecule has 0 saturated carbocycles. The molecular weight excluding hydrogens is 328 g/mol. The van der Waals surface area contributed by atoms with Crippen molar-refractivity contribution in [3.05, 3.63) is 12.2 Å². The van der Waals surface area contributed by atoms with Crippen LogP contribution in [0.15, 0.2) is 12.2 Å².